The van der Waals surface area contributed by atoms with Crippen molar-refractivity contribution in [2.75, 3.05) is 31.1 Å². The molecular weight excluding hydrogens is 290 g/mol. The smallest absolute Gasteiger partial charge is 0.407 e. The van der Waals surface area contributed by atoms with Gasteiger partial charge in [0.2, 0.25) is 0 Å². The summed E-state index contributed by atoms with van der Waals surface area (Å²) in [6.07, 6.45) is 1.83. The molecule has 1 aromatic carbocycles. The van der Waals surface area contributed by atoms with Crippen molar-refractivity contribution in [1.82, 2.24) is 9.88 Å². The first-order chi connectivity index (χ1) is 11.1. The topological polar surface area (TPSA) is 56.7 Å². The number of aromatic nitrogens is 1. The monoisotopic (exact) mass is 313 g/mol. The van der Waals surface area contributed by atoms with Crippen molar-refractivity contribution in [3.05, 3.63) is 36.0 Å². The molecule has 0 aliphatic carbocycles. The summed E-state index contributed by atoms with van der Waals surface area (Å²) in [7, 11) is 0. The molecule has 5 nitrogen and oxygen atoms in total. The van der Waals surface area contributed by atoms with E-state index in [0.717, 1.165) is 29.6 Å². The van der Waals surface area contributed by atoms with Gasteiger partial charge >= 0.3 is 6.09 Å². The fourth-order valence-electron chi connectivity index (χ4n) is 3.12. The fraction of sp³-hybridized carbons (Fsp3) is 0.444. The van der Waals surface area contributed by atoms with Gasteiger partial charge in [0.15, 0.2) is 0 Å². The van der Waals surface area contributed by atoms with Gasteiger partial charge in [-0.15, -0.1) is 0 Å². The van der Waals surface area contributed by atoms with Crippen LogP contribution in [0.25, 0.3) is 10.9 Å². The normalized spacial score (nSPS) is 16.0. The number of benzene rings is 1. The number of fused-ring (bicyclic) bond motifs is 1. The lowest BCUT2D eigenvalue weighted by molar-refractivity contribution is 0.148. The molecule has 2 heterocycles. The summed E-state index contributed by atoms with van der Waals surface area (Å²) >= 11 is 0. The highest BCUT2D eigenvalue weighted by Crippen LogP contribution is 2.30. The van der Waals surface area contributed by atoms with Gasteiger partial charge in [0.25, 0.3) is 0 Å². The number of anilines is 1. The predicted molar refractivity (Wildman–Crippen MR) is 92.3 cm³/mol. The Morgan fingerprint density at radius 3 is 2.78 bits per heavy atom. The Morgan fingerprint density at radius 2 is 2.04 bits per heavy atom. The third-order valence-corrected chi connectivity index (χ3v) is 4.48. The Kier molecular flexibility index (Phi) is 4.37. The highest BCUT2D eigenvalue weighted by Gasteiger charge is 2.20. The number of pyridine rings is 1. The maximum atomic E-state index is 11.2. The molecular formula is C18H23N3O2. The lowest BCUT2D eigenvalue weighted by atomic mass is 9.99. The molecule has 0 atom stereocenters. The van der Waals surface area contributed by atoms with Crippen LogP contribution in [0.15, 0.2) is 30.5 Å². The maximum Gasteiger partial charge on any atom is 0.407 e. The SMILES string of the molecule is CC(C)c1cc(N2CCCN(C(=O)O)CC2)c2ncccc2c1. The number of nitrogens with zero attached hydrogens (tertiary/aromatic N) is 3. The molecule has 1 fully saturated rings. The average Bonchev–Trinajstić information content (AvgIpc) is 2.79. The molecule has 1 aromatic heterocycles. The first-order valence-electron chi connectivity index (χ1n) is 8.18. The van der Waals surface area contributed by atoms with Crippen LogP contribution in [0, 0.1) is 0 Å². The molecule has 23 heavy (non-hydrogen) atoms. The molecule has 1 aliphatic rings. The zero-order valence-electron chi connectivity index (χ0n) is 13.7. The Balaban J connectivity index is 1.99. The first-order valence-corrected chi connectivity index (χ1v) is 8.18. The van der Waals surface area contributed by atoms with Crippen molar-refractivity contribution >= 4 is 22.7 Å². The van der Waals surface area contributed by atoms with Crippen LogP contribution in [0.5, 0.6) is 0 Å². The number of hydrogen-bond acceptors (Lipinski definition) is 3. The van der Waals surface area contributed by atoms with E-state index in [1.54, 1.807) is 0 Å². The second-order valence-electron chi connectivity index (χ2n) is 6.38. The molecule has 1 aliphatic heterocycles. The van der Waals surface area contributed by atoms with E-state index >= 15 is 0 Å². The summed E-state index contributed by atoms with van der Waals surface area (Å²) < 4.78 is 0. The van der Waals surface area contributed by atoms with Crippen molar-refractivity contribution < 1.29 is 9.90 Å². The van der Waals surface area contributed by atoms with Crippen molar-refractivity contribution in [1.29, 1.82) is 0 Å². The largest absolute Gasteiger partial charge is 0.465 e. The summed E-state index contributed by atoms with van der Waals surface area (Å²) in [5.74, 6) is 0.445. The van der Waals surface area contributed by atoms with E-state index in [0.29, 0.717) is 25.6 Å². The van der Waals surface area contributed by atoms with E-state index in [1.807, 2.05) is 12.3 Å². The minimum absolute atomic E-state index is 0.445. The zero-order valence-corrected chi connectivity index (χ0v) is 13.7. The van der Waals surface area contributed by atoms with Crippen molar-refractivity contribution in [3.8, 4) is 0 Å². The van der Waals surface area contributed by atoms with E-state index < -0.39 is 6.09 Å². The van der Waals surface area contributed by atoms with E-state index in [4.69, 9.17) is 0 Å². The Bertz CT molecular complexity index is 714. The first kappa shape index (κ1) is 15.6. The standard InChI is InChI=1S/C18H23N3O2/c1-13(2)15-11-14-5-3-6-19-17(14)16(12-15)20-7-4-8-21(10-9-20)18(22)23/h3,5-6,11-13H,4,7-10H2,1-2H3,(H,22,23). The molecule has 3 rings (SSSR count). The van der Waals surface area contributed by atoms with Crippen LogP contribution in [0.4, 0.5) is 10.5 Å². The van der Waals surface area contributed by atoms with Gasteiger partial charge in [0.05, 0.1) is 11.2 Å². The molecule has 1 N–H and O–H groups in total. The maximum absolute atomic E-state index is 11.2. The molecule has 0 saturated carbocycles. The third kappa shape index (κ3) is 3.23. The van der Waals surface area contributed by atoms with Gasteiger partial charge in [0.1, 0.15) is 0 Å². The highest BCUT2D eigenvalue weighted by atomic mass is 16.4. The summed E-state index contributed by atoms with van der Waals surface area (Å²) in [4.78, 5) is 19.6. The zero-order chi connectivity index (χ0) is 16.4. The third-order valence-electron chi connectivity index (χ3n) is 4.48. The second-order valence-corrected chi connectivity index (χ2v) is 6.38. The van der Waals surface area contributed by atoms with Gasteiger partial charge in [-0.05, 0) is 36.1 Å². The van der Waals surface area contributed by atoms with Crippen LogP contribution in [0.1, 0.15) is 31.7 Å². The van der Waals surface area contributed by atoms with Crippen molar-refractivity contribution in [2.45, 2.75) is 26.2 Å². The molecule has 1 saturated heterocycles. The number of carboxylic acid groups (broad SMARTS) is 1. The minimum atomic E-state index is -0.828. The Labute approximate surface area is 136 Å². The molecule has 0 spiro atoms. The van der Waals surface area contributed by atoms with E-state index in [2.05, 4.69) is 41.9 Å². The van der Waals surface area contributed by atoms with Crippen LogP contribution < -0.4 is 4.90 Å². The lowest BCUT2D eigenvalue weighted by Crippen LogP contribution is -2.34. The average molecular weight is 313 g/mol. The molecule has 5 heteroatoms. The molecule has 0 unspecified atom stereocenters. The quantitative estimate of drug-likeness (QED) is 0.921. The van der Waals surface area contributed by atoms with Crippen LogP contribution in [0.2, 0.25) is 0 Å². The van der Waals surface area contributed by atoms with E-state index in [1.165, 1.54) is 10.5 Å². The molecule has 122 valence electrons. The molecule has 0 bridgehead atoms. The van der Waals surface area contributed by atoms with Crippen LogP contribution in [0.3, 0.4) is 0 Å². The summed E-state index contributed by atoms with van der Waals surface area (Å²) in [5, 5.41) is 10.4. The van der Waals surface area contributed by atoms with Crippen LogP contribution in [-0.4, -0.2) is 47.3 Å². The van der Waals surface area contributed by atoms with Gasteiger partial charge in [-0.1, -0.05) is 19.9 Å². The second kappa shape index (κ2) is 6.44. The number of carbonyl (C=O) groups is 1. The summed E-state index contributed by atoms with van der Waals surface area (Å²) in [6.45, 7) is 7.08. The number of hydrogen-bond donors (Lipinski definition) is 1. The van der Waals surface area contributed by atoms with Crippen LogP contribution >= 0.6 is 0 Å². The highest BCUT2D eigenvalue weighted by molar-refractivity contribution is 5.91. The summed E-state index contributed by atoms with van der Waals surface area (Å²) in [6, 6.07) is 8.48. The van der Waals surface area contributed by atoms with E-state index in [9.17, 15) is 9.90 Å². The number of amides is 1. The molecule has 2 aromatic rings. The van der Waals surface area contributed by atoms with Gasteiger partial charge in [-0.3, -0.25) is 4.98 Å². The molecule has 1 amide bonds. The number of rotatable bonds is 2. The lowest BCUT2D eigenvalue weighted by Gasteiger charge is -2.25. The predicted octanol–water partition coefficient (Wildman–Crippen LogP) is 3.55. The van der Waals surface area contributed by atoms with Crippen LogP contribution in [-0.2, 0) is 0 Å². The van der Waals surface area contributed by atoms with Crippen molar-refractivity contribution in [2.24, 2.45) is 0 Å². The van der Waals surface area contributed by atoms with E-state index in [-0.39, 0.29) is 0 Å². The van der Waals surface area contributed by atoms with Crippen molar-refractivity contribution in [3.63, 3.8) is 0 Å². The Hall–Kier alpha value is -2.30. The Morgan fingerprint density at radius 1 is 1.22 bits per heavy atom. The fourth-order valence-corrected chi connectivity index (χ4v) is 3.12. The van der Waals surface area contributed by atoms with Gasteiger partial charge < -0.3 is 14.9 Å². The minimum Gasteiger partial charge on any atom is -0.465 e. The van der Waals surface area contributed by atoms with Gasteiger partial charge in [-0.25, -0.2) is 4.79 Å². The molecule has 0 radical (unpaired) electrons. The summed E-state index contributed by atoms with van der Waals surface area (Å²) in [5.41, 5.74) is 3.42. The van der Waals surface area contributed by atoms with Gasteiger partial charge in [0, 0.05) is 37.8 Å². The van der Waals surface area contributed by atoms with Gasteiger partial charge in [-0.2, -0.15) is 0 Å².